The molecule has 2 amide bonds. The molecule has 0 aromatic carbocycles. The molecule has 1 rings (SSSR count). The van der Waals surface area contributed by atoms with Crippen molar-refractivity contribution in [3.63, 3.8) is 0 Å². The van der Waals surface area contributed by atoms with Gasteiger partial charge >= 0.3 is 0 Å². The van der Waals surface area contributed by atoms with Crippen LogP contribution >= 0.6 is 0 Å². The molecule has 74 valence electrons. The van der Waals surface area contributed by atoms with Gasteiger partial charge in [0.05, 0.1) is 6.54 Å². The molecule has 4 nitrogen and oxygen atoms in total. The molecule has 1 aliphatic rings. The molecule has 0 bridgehead atoms. The summed E-state index contributed by atoms with van der Waals surface area (Å²) in [7, 11) is 0. The molecule has 0 aliphatic carbocycles. The van der Waals surface area contributed by atoms with E-state index in [-0.39, 0.29) is 29.8 Å². The molecule has 0 aromatic heterocycles. The van der Waals surface area contributed by atoms with Crippen molar-refractivity contribution in [2.75, 3.05) is 6.54 Å². The molecular formula is C9H16N2O2. The molecule has 2 N–H and O–H groups in total. The van der Waals surface area contributed by atoms with E-state index in [1.165, 1.54) is 0 Å². The van der Waals surface area contributed by atoms with Crippen molar-refractivity contribution in [2.45, 2.75) is 33.2 Å². The summed E-state index contributed by atoms with van der Waals surface area (Å²) < 4.78 is 0. The highest BCUT2D eigenvalue weighted by Gasteiger charge is 2.29. The smallest absolute Gasteiger partial charge is 0.243 e. The molecule has 13 heavy (non-hydrogen) atoms. The number of carbonyl (C=O) groups excluding carboxylic acids is 2. The van der Waals surface area contributed by atoms with Crippen LogP contribution in [0.25, 0.3) is 0 Å². The number of rotatable bonds is 1. The fraction of sp³-hybridized carbons (Fsp3) is 0.778. The van der Waals surface area contributed by atoms with Crippen LogP contribution in [0.1, 0.15) is 27.2 Å². The van der Waals surface area contributed by atoms with Gasteiger partial charge < -0.3 is 10.6 Å². The van der Waals surface area contributed by atoms with Crippen molar-refractivity contribution in [1.82, 2.24) is 10.6 Å². The number of hydrogen-bond donors (Lipinski definition) is 2. The molecule has 0 aromatic rings. The minimum Gasteiger partial charge on any atom is -0.345 e. The van der Waals surface area contributed by atoms with Gasteiger partial charge in [0.25, 0.3) is 0 Å². The van der Waals surface area contributed by atoms with Crippen LogP contribution in [-0.4, -0.2) is 24.4 Å². The van der Waals surface area contributed by atoms with Gasteiger partial charge in [-0.2, -0.15) is 0 Å². The van der Waals surface area contributed by atoms with Crippen molar-refractivity contribution in [1.29, 1.82) is 0 Å². The summed E-state index contributed by atoms with van der Waals surface area (Å²) in [6.07, 6.45) is 0.671. The van der Waals surface area contributed by atoms with Crippen LogP contribution in [-0.2, 0) is 9.59 Å². The van der Waals surface area contributed by atoms with E-state index in [9.17, 15) is 9.59 Å². The Bertz CT molecular complexity index is 230. The standard InChI is InChI=1S/C9H16N2O2/c1-9(2,3)4-6-8(13)10-5-7(12)11-6/h6H,4-5H2,1-3H3,(H,10,13)(H,11,12)/t6-/m0/s1. The molecule has 4 heteroatoms. The van der Waals surface area contributed by atoms with E-state index in [0.717, 1.165) is 0 Å². The molecule has 0 unspecified atom stereocenters. The summed E-state index contributed by atoms with van der Waals surface area (Å²) in [5.41, 5.74) is 0.0482. The van der Waals surface area contributed by atoms with Crippen molar-refractivity contribution in [2.24, 2.45) is 5.41 Å². The quantitative estimate of drug-likeness (QED) is 0.604. The lowest BCUT2D eigenvalue weighted by Crippen LogP contribution is -2.57. The van der Waals surface area contributed by atoms with E-state index in [2.05, 4.69) is 10.6 Å². The topological polar surface area (TPSA) is 58.2 Å². The van der Waals surface area contributed by atoms with Crippen LogP contribution in [0.4, 0.5) is 0 Å². The minimum atomic E-state index is -0.360. The molecule has 1 heterocycles. The zero-order valence-electron chi connectivity index (χ0n) is 8.31. The summed E-state index contributed by atoms with van der Waals surface area (Å²) in [5.74, 6) is -0.177. The first kappa shape index (κ1) is 10.0. The Kier molecular flexibility index (Phi) is 2.59. The van der Waals surface area contributed by atoms with Crippen LogP contribution in [0.3, 0.4) is 0 Å². The Morgan fingerprint density at radius 2 is 2.00 bits per heavy atom. The number of hydrogen-bond acceptors (Lipinski definition) is 2. The zero-order chi connectivity index (χ0) is 10.1. The fourth-order valence-electron chi connectivity index (χ4n) is 1.36. The maximum absolute atomic E-state index is 11.3. The molecule has 1 aliphatic heterocycles. The molecule has 1 saturated heterocycles. The van der Waals surface area contributed by atoms with Gasteiger partial charge in [0.1, 0.15) is 6.04 Å². The molecule has 0 radical (unpaired) electrons. The lowest BCUT2D eigenvalue weighted by atomic mass is 9.87. The first-order valence-corrected chi connectivity index (χ1v) is 4.45. The maximum Gasteiger partial charge on any atom is 0.243 e. The Labute approximate surface area is 78.1 Å². The SMILES string of the molecule is CC(C)(C)C[C@@H]1NC(=O)CNC1=O. The second-order valence-electron chi connectivity index (χ2n) is 4.60. The van der Waals surface area contributed by atoms with Crippen LogP contribution in [0.15, 0.2) is 0 Å². The van der Waals surface area contributed by atoms with Crippen LogP contribution in [0, 0.1) is 5.41 Å². The third kappa shape index (κ3) is 3.05. The average molecular weight is 184 g/mol. The molecular weight excluding hydrogens is 168 g/mol. The van der Waals surface area contributed by atoms with Gasteiger partial charge in [0.2, 0.25) is 11.8 Å². The van der Waals surface area contributed by atoms with E-state index in [0.29, 0.717) is 6.42 Å². The first-order chi connectivity index (χ1) is 5.88. The van der Waals surface area contributed by atoms with Crippen molar-refractivity contribution in [3.8, 4) is 0 Å². The number of piperazine rings is 1. The van der Waals surface area contributed by atoms with Crippen LogP contribution < -0.4 is 10.6 Å². The fourth-order valence-corrected chi connectivity index (χ4v) is 1.36. The maximum atomic E-state index is 11.3. The molecule has 1 fully saturated rings. The van der Waals surface area contributed by atoms with Gasteiger partial charge in [-0.15, -0.1) is 0 Å². The summed E-state index contributed by atoms with van der Waals surface area (Å²) in [6.45, 7) is 6.24. The second kappa shape index (κ2) is 3.36. The number of nitrogens with one attached hydrogen (secondary N) is 2. The summed E-state index contributed by atoms with van der Waals surface area (Å²) in [6, 6.07) is -0.360. The largest absolute Gasteiger partial charge is 0.345 e. The van der Waals surface area contributed by atoms with Crippen LogP contribution in [0.2, 0.25) is 0 Å². The Hall–Kier alpha value is -1.06. The molecule has 1 atom stereocenters. The van der Waals surface area contributed by atoms with Gasteiger partial charge in [-0.1, -0.05) is 20.8 Å². The third-order valence-corrected chi connectivity index (χ3v) is 1.89. The van der Waals surface area contributed by atoms with E-state index < -0.39 is 0 Å². The Morgan fingerprint density at radius 3 is 2.54 bits per heavy atom. The predicted molar refractivity (Wildman–Crippen MR) is 49.0 cm³/mol. The Morgan fingerprint density at radius 1 is 1.38 bits per heavy atom. The predicted octanol–water partition coefficient (Wildman–Crippen LogP) is 0.0372. The summed E-state index contributed by atoms with van der Waals surface area (Å²) >= 11 is 0. The minimum absolute atomic E-state index is 0.0482. The lowest BCUT2D eigenvalue weighted by Gasteiger charge is -2.28. The Balaban J connectivity index is 2.57. The van der Waals surface area contributed by atoms with Gasteiger partial charge in [-0.05, 0) is 11.8 Å². The van der Waals surface area contributed by atoms with E-state index >= 15 is 0 Å². The highest BCUT2D eigenvalue weighted by Crippen LogP contribution is 2.21. The molecule has 0 spiro atoms. The van der Waals surface area contributed by atoms with E-state index in [4.69, 9.17) is 0 Å². The van der Waals surface area contributed by atoms with E-state index in [1.54, 1.807) is 0 Å². The summed E-state index contributed by atoms with van der Waals surface area (Å²) in [5, 5.41) is 5.23. The number of carbonyl (C=O) groups is 2. The summed E-state index contributed by atoms with van der Waals surface area (Å²) in [4.78, 5) is 22.3. The second-order valence-corrected chi connectivity index (χ2v) is 4.60. The van der Waals surface area contributed by atoms with E-state index in [1.807, 2.05) is 20.8 Å². The molecule has 0 saturated carbocycles. The van der Waals surface area contributed by atoms with Crippen LogP contribution in [0.5, 0.6) is 0 Å². The first-order valence-electron chi connectivity index (χ1n) is 4.45. The van der Waals surface area contributed by atoms with Gasteiger partial charge in [-0.25, -0.2) is 0 Å². The lowest BCUT2D eigenvalue weighted by molar-refractivity contribution is -0.134. The van der Waals surface area contributed by atoms with Gasteiger partial charge in [0.15, 0.2) is 0 Å². The third-order valence-electron chi connectivity index (χ3n) is 1.89. The van der Waals surface area contributed by atoms with Gasteiger partial charge in [0, 0.05) is 0 Å². The average Bonchev–Trinajstić information content (AvgIpc) is 1.94. The monoisotopic (exact) mass is 184 g/mol. The number of amides is 2. The highest BCUT2D eigenvalue weighted by molar-refractivity contribution is 5.94. The van der Waals surface area contributed by atoms with Crippen molar-refractivity contribution >= 4 is 11.8 Å². The highest BCUT2D eigenvalue weighted by atomic mass is 16.2. The van der Waals surface area contributed by atoms with Crippen molar-refractivity contribution in [3.05, 3.63) is 0 Å². The normalized spacial score (nSPS) is 23.8. The van der Waals surface area contributed by atoms with Crippen molar-refractivity contribution < 1.29 is 9.59 Å². The zero-order valence-corrected chi connectivity index (χ0v) is 8.31. The van der Waals surface area contributed by atoms with Gasteiger partial charge in [-0.3, -0.25) is 9.59 Å².